The van der Waals surface area contributed by atoms with Crippen molar-refractivity contribution in [2.24, 2.45) is 5.92 Å². The minimum absolute atomic E-state index is 0.207. The van der Waals surface area contributed by atoms with E-state index in [1.165, 1.54) is 0 Å². The standard InChI is InChI=1S/C16H22BrNO4/c1-10(2)8-13(16(20)21)18-15(19)7-5-11-4-6-14(22-3)12(17)9-11/h4,6,9-10,13H,5,7-8H2,1-3H3,(H,18,19)(H,20,21)/t13-/m1/s1. The molecule has 0 fully saturated rings. The minimum atomic E-state index is -0.991. The molecule has 1 atom stereocenters. The molecule has 1 rings (SSSR count). The predicted molar refractivity (Wildman–Crippen MR) is 88.0 cm³/mol. The van der Waals surface area contributed by atoms with E-state index in [1.807, 2.05) is 32.0 Å². The molecule has 1 amide bonds. The maximum Gasteiger partial charge on any atom is 0.326 e. The zero-order chi connectivity index (χ0) is 16.7. The Labute approximate surface area is 139 Å². The molecule has 5 nitrogen and oxygen atoms in total. The molecule has 0 radical (unpaired) electrons. The lowest BCUT2D eigenvalue weighted by Gasteiger charge is -2.16. The van der Waals surface area contributed by atoms with Gasteiger partial charge in [0.1, 0.15) is 11.8 Å². The number of carbonyl (C=O) groups is 2. The second-order valence-electron chi connectivity index (χ2n) is 5.56. The summed E-state index contributed by atoms with van der Waals surface area (Å²) in [5.41, 5.74) is 0.985. The lowest BCUT2D eigenvalue weighted by molar-refractivity contribution is -0.142. The summed E-state index contributed by atoms with van der Waals surface area (Å²) < 4.78 is 5.98. The number of aryl methyl sites for hydroxylation is 1. The maximum atomic E-state index is 11.9. The first-order chi connectivity index (χ1) is 10.3. The van der Waals surface area contributed by atoms with Crippen molar-refractivity contribution < 1.29 is 19.4 Å². The van der Waals surface area contributed by atoms with Crippen LogP contribution in [0.1, 0.15) is 32.3 Å². The molecule has 1 aromatic rings. The Hall–Kier alpha value is -1.56. The van der Waals surface area contributed by atoms with Gasteiger partial charge in [0.15, 0.2) is 0 Å². The van der Waals surface area contributed by atoms with Crippen molar-refractivity contribution in [2.45, 2.75) is 39.2 Å². The number of carboxylic acids is 1. The molecule has 0 spiro atoms. The number of aliphatic carboxylic acids is 1. The van der Waals surface area contributed by atoms with Gasteiger partial charge in [0.25, 0.3) is 0 Å². The average molecular weight is 372 g/mol. The second-order valence-corrected chi connectivity index (χ2v) is 6.41. The van der Waals surface area contributed by atoms with Gasteiger partial charge >= 0.3 is 5.97 Å². The van der Waals surface area contributed by atoms with Crippen LogP contribution in [-0.2, 0) is 16.0 Å². The summed E-state index contributed by atoms with van der Waals surface area (Å²) in [4.78, 5) is 23.0. The number of carbonyl (C=O) groups excluding carboxylic acids is 1. The van der Waals surface area contributed by atoms with E-state index in [2.05, 4.69) is 21.2 Å². The lowest BCUT2D eigenvalue weighted by Crippen LogP contribution is -2.41. The molecule has 0 heterocycles. The Morgan fingerprint density at radius 3 is 2.55 bits per heavy atom. The van der Waals surface area contributed by atoms with Crippen LogP contribution in [-0.4, -0.2) is 30.1 Å². The number of hydrogen-bond donors (Lipinski definition) is 2. The number of ether oxygens (including phenoxy) is 1. The summed E-state index contributed by atoms with van der Waals surface area (Å²) in [6.07, 6.45) is 1.22. The van der Waals surface area contributed by atoms with E-state index in [4.69, 9.17) is 9.84 Å². The summed E-state index contributed by atoms with van der Waals surface area (Å²) >= 11 is 3.40. The largest absolute Gasteiger partial charge is 0.496 e. The highest BCUT2D eigenvalue weighted by molar-refractivity contribution is 9.10. The number of hydrogen-bond acceptors (Lipinski definition) is 3. The first kappa shape index (κ1) is 18.5. The highest BCUT2D eigenvalue weighted by Gasteiger charge is 2.20. The van der Waals surface area contributed by atoms with Crippen molar-refractivity contribution in [3.63, 3.8) is 0 Å². The summed E-state index contributed by atoms with van der Waals surface area (Å²) in [6.45, 7) is 3.86. The minimum Gasteiger partial charge on any atom is -0.496 e. The number of nitrogens with one attached hydrogen (secondary N) is 1. The fourth-order valence-electron chi connectivity index (χ4n) is 2.08. The average Bonchev–Trinajstić information content (AvgIpc) is 2.44. The van der Waals surface area contributed by atoms with Crippen molar-refractivity contribution >= 4 is 27.8 Å². The molecule has 1 aromatic carbocycles. The third-order valence-corrected chi connectivity index (χ3v) is 3.82. The third-order valence-electron chi connectivity index (χ3n) is 3.20. The van der Waals surface area contributed by atoms with Crippen molar-refractivity contribution in [3.8, 4) is 5.75 Å². The number of amides is 1. The Bertz CT molecular complexity index is 531. The molecule has 0 saturated heterocycles. The van der Waals surface area contributed by atoms with Gasteiger partial charge in [0.2, 0.25) is 5.91 Å². The van der Waals surface area contributed by atoms with Gasteiger partial charge in [0.05, 0.1) is 11.6 Å². The number of halogens is 1. The molecule has 0 aromatic heterocycles. The fourth-order valence-corrected chi connectivity index (χ4v) is 2.67. The van der Waals surface area contributed by atoms with E-state index in [1.54, 1.807) is 7.11 Å². The molecular formula is C16H22BrNO4. The first-order valence-corrected chi connectivity index (χ1v) is 7.97. The Morgan fingerprint density at radius 2 is 2.05 bits per heavy atom. The van der Waals surface area contributed by atoms with Crippen LogP contribution in [0.5, 0.6) is 5.75 Å². The molecular weight excluding hydrogens is 350 g/mol. The van der Waals surface area contributed by atoms with Gasteiger partial charge in [-0.1, -0.05) is 19.9 Å². The van der Waals surface area contributed by atoms with Gasteiger partial charge in [-0.15, -0.1) is 0 Å². The Morgan fingerprint density at radius 1 is 1.36 bits per heavy atom. The van der Waals surface area contributed by atoms with Gasteiger partial charge in [0, 0.05) is 6.42 Å². The van der Waals surface area contributed by atoms with E-state index in [0.717, 1.165) is 15.8 Å². The molecule has 2 N–H and O–H groups in total. The quantitative estimate of drug-likeness (QED) is 0.736. The monoisotopic (exact) mass is 371 g/mol. The van der Waals surface area contributed by atoms with Crippen LogP contribution < -0.4 is 10.1 Å². The molecule has 122 valence electrons. The van der Waals surface area contributed by atoms with Crippen LogP contribution >= 0.6 is 15.9 Å². The van der Waals surface area contributed by atoms with Crippen LogP contribution in [0, 0.1) is 5.92 Å². The molecule has 0 aliphatic heterocycles. The summed E-state index contributed by atoms with van der Waals surface area (Å²) in [6, 6.07) is 4.79. The Balaban J connectivity index is 2.54. The zero-order valence-electron chi connectivity index (χ0n) is 13.1. The normalized spacial score (nSPS) is 12.0. The van der Waals surface area contributed by atoms with Gasteiger partial charge < -0.3 is 15.2 Å². The van der Waals surface area contributed by atoms with E-state index < -0.39 is 12.0 Å². The molecule has 0 aliphatic rings. The highest BCUT2D eigenvalue weighted by Crippen LogP contribution is 2.25. The predicted octanol–water partition coefficient (Wildman–Crippen LogP) is 3.01. The number of carboxylic acid groups (broad SMARTS) is 1. The fraction of sp³-hybridized carbons (Fsp3) is 0.500. The van der Waals surface area contributed by atoms with E-state index in [9.17, 15) is 9.59 Å². The number of rotatable bonds is 8. The topological polar surface area (TPSA) is 75.6 Å². The van der Waals surface area contributed by atoms with E-state index >= 15 is 0 Å². The van der Waals surface area contributed by atoms with Crippen LogP contribution in [0.3, 0.4) is 0 Å². The van der Waals surface area contributed by atoms with Crippen LogP contribution in [0.2, 0.25) is 0 Å². The SMILES string of the molecule is COc1ccc(CCC(=O)N[C@H](CC(C)C)C(=O)O)cc1Br. The van der Waals surface area contributed by atoms with Crippen molar-refractivity contribution in [3.05, 3.63) is 28.2 Å². The lowest BCUT2D eigenvalue weighted by atomic mass is 10.0. The zero-order valence-corrected chi connectivity index (χ0v) is 14.6. The second kappa shape index (κ2) is 8.78. The number of methoxy groups -OCH3 is 1. The van der Waals surface area contributed by atoms with Crippen molar-refractivity contribution in [1.29, 1.82) is 0 Å². The van der Waals surface area contributed by atoms with Crippen molar-refractivity contribution in [1.82, 2.24) is 5.32 Å². The van der Waals surface area contributed by atoms with Crippen LogP contribution in [0.15, 0.2) is 22.7 Å². The van der Waals surface area contributed by atoms with Gasteiger partial charge in [-0.05, 0) is 52.4 Å². The van der Waals surface area contributed by atoms with Crippen LogP contribution in [0.4, 0.5) is 0 Å². The van der Waals surface area contributed by atoms with Crippen molar-refractivity contribution in [2.75, 3.05) is 7.11 Å². The third kappa shape index (κ3) is 6.05. The van der Waals surface area contributed by atoms with Crippen LogP contribution in [0.25, 0.3) is 0 Å². The Kier molecular flexibility index (Phi) is 7.38. The highest BCUT2D eigenvalue weighted by atomic mass is 79.9. The molecule has 6 heteroatoms. The summed E-state index contributed by atoms with van der Waals surface area (Å²) in [7, 11) is 1.59. The molecule has 0 unspecified atom stereocenters. The van der Waals surface area contributed by atoms with Gasteiger partial charge in [-0.25, -0.2) is 4.79 Å². The first-order valence-electron chi connectivity index (χ1n) is 7.18. The van der Waals surface area contributed by atoms with Gasteiger partial charge in [-0.2, -0.15) is 0 Å². The summed E-state index contributed by atoms with van der Waals surface area (Å²) in [5.74, 6) is -0.302. The maximum absolute atomic E-state index is 11.9. The van der Waals surface area contributed by atoms with Gasteiger partial charge in [-0.3, -0.25) is 4.79 Å². The smallest absolute Gasteiger partial charge is 0.326 e. The van der Waals surface area contributed by atoms with E-state index in [0.29, 0.717) is 12.8 Å². The summed E-state index contributed by atoms with van der Waals surface area (Å²) in [5, 5.41) is 11.7. The van der Waals surface area contributed by atoms with E-state index in [-0.39, 0.29) is 18.2 Å². The molecule has 0 aliphatic carbocycles. The molecule has 22 heavy (non-hydrogen) atoms. The molecule has 0 bridgehead atoms. The number of benzene rings is 1. The molecule has 0 saturated carbocycles.